The monoisotopic (exact) mass is 309 g/mol. The van der Waals surface area contributed by atoms with Gasteiger partial charge in [-0.15, -0.1) is 0 Å². The minimum absolute atomic E-state index is 0.0334. The van der Waals surface area contributed by atoms with E-state index in [-0.39, 0.29) is 19.4 Å². The number of unbranched alkanes of at least 4 members (excludes halogenated alkanes) is 5. The smallest absolute Gasteiger partial charge is 0.396 e. The van der Waals surface area contributed by atoms with Gasteiger partial charge in [0.15, 0.2) is 10.1 Å². The van der Waals surface area contributed by atoms with Gasteiger partial charge in [0.1, 0.15) is 0 Å². The summed E-state index contributed by atoms with van der Waals surface area (Å²) in [7, 11) is -6.38. The number of halogens is 4. The Hall–Kier alpha value is -0.410. The third-order valence-electron chi connectivity index (χ3n) is 2.64. The van der Waals surface area contributed by atoms with Crippen LogP contribution in [0.3, 0.4) is 0 Å². The molecule has 0 atom stereocenters. The molecule has 0 saturated heterocycles. The van der Waals surface area contributed by atoms with Crippen LogP contribution >= 0.6 is 0 Å². The van der Waals surface area contributed by atoms with Crippen molar-refractivity contribution in [1.82, 2.24) is 0 Å². The maximum absolute atomic E-state index is 13.0. The lowest BCUT2D eigenvalue weighted by atomic mass is 10.1. The summed E-state index contributed by atoms with van der Waals surface area (Å²) in [5.74, 6) is -4.85. The van der Waals surface area contributed by atoms with E-state index in [2.05, 4.69) is 0 Å². The maximum Gasteiger partial charge on any atom is 0.396 e. The van der Waals surface area contributed by atoms with Crippen molar-refractivity contribution < 1.29 is 35.6 Å². The van der Waals surface area contributed by atoms with Crippen molar-refractivity contribution in [3.05, 3.63) is 0 Å². The second-order valence-corrected chi connectivity index (χ2v) is 5.69. The summed E-state index contributed by atoms with van der Waals surface area (Å²) in [6, 6.07) is 0. The van der Waals surface area contributed by atoms with E-state index in [0.717, 1.165) is 0 Å². The fourth-order valence-electron chi connectivity index (χ4n) is 1.49. The number of aliphatic hydroxyl groups is 1. The summed E-state index contributed by atoms with van der Waals surface area (Å²) in [6.45, 7) is 0.0334. The van der Waals surface area contributed by atoms with E-state index in [0.29, 0.717) is 25.7 Å². The van der Waals surface area contributed by atoms with Crippen LogP contribution in [0.4, 0.5) is 17.6 Å². The van der Waals surface area contributed by atoms with Crippen LogP contribution < -0.4 is 0 Å². The van der Waals surface area contributed by atoms with Crippen molar-refractivity contribution >= 4 is 10.1 Å². The molecule has 9 heteroatoms. The summed E-state index contributed by atoms with van der Waals surface area (Å²) in [6.07, 6.45) is 1.07. The van der Waals surface area contributed by atoms with E-state index in [1.807, 2.05) is 0 Å². The molecule has 1 N–H and O–H groups in total. The average Bonchev–Trinajstić information content (AvgIpc) is 2.26. The number of hydrogen-bond acceptors (Lipinski definition) is 4. The highest BCUT2D eigenvalue weighted by Gasteiger charge is 2.60. The molecular weight excluding hydrogens is 292 g/mol. The van der Waals surface area contributed by atoms with Gasteiger partial charge >= 0.3 is 11.2 Å². The number of hydrogen-bond donors (Lipinski definition) is 1. The Morgan fingerprint density at radius 1 is 0.895 bits per heavy atom. The molecule has 0 saturated carbocycles. The number of rotatable bonds is 10. The lowest BCUT2D eigenvalue weighted by molar-refractivity contribution is -0.165. The van der Waals surface area contributed by atoms with E-state index in [9.17, 15) is 30.5 Å². The number of alkyl halides is 4. The van der Waals surface area contributed by atoms with Crippen molar-refractivity contribution in [2.45, 2.75) is 56.1 Å². The van der Waals surface area contributed by atoms with Crippen LogP contribution in [0, 0.1) is 0 Å². The van der Waals surface area contributed by atoms with Gasteiger partial charge in [-0.1, -0.05) is 25.7 Å². The third kappa shape index (κ3) is 5.62. The fraction of sp³-hybridized carbons (Fsp3) is 1.00. The van der Waals surface area contributed by atoms with Gasteiger partial charge in [0.05, 0.1) is 0 Å². The Kier molecular flexibility index (Phi) is 7.23. The molecule has 0 radical (unpaired) electrons. The zero-order valence-electron chi connectivity index (χ0n) is 10.2. The molecule has 0 fully saturated rings. The van der Waals surface area contributed by atoms with Crippen LogP contribution in [-0.4, -0.2) is 35.9 Å². The highest BCUT2D eigenvalue weighted by molar-refractivity contribution is 7.86. The standard InChI is InChI=1S/C10H18F4O4S/c11-9(12,10(13,14)19(16,17)18)7-5-3-1-2-4-6-8-15/h15H,1-8H2,(H,16,17,18)/p-1. The largest absolute Gasteiger partial charge is 0.743 e. The topological polar surface area (TPSA) is 77.4 Å². The van der Waals surface area contributed by atoms with Crippen molar-refractivity contribution in [2.75, 3.05) is 6.61 Å². The molecule has 116 valence electrons. The molecule has 0 aromatic heterocycles. The van der Waals surface area contributed by atoms with Crippen LogP contribution in [0.5, 0.6) is 0 Å². The van der Waals surface area contributed by atoms with Crippen LogP contribution in [0.25, 0.3) is 0 Å². The summed E-state index contributed by atoms with van der Waals surface area (Å²) < 4.78 is 81.6. The van der Waals surface area contributed by atoms with E-state index in [1.165, 1.54) is 0 Å². The van der Waals surface area contributed by atoms with Gasteiger partial charge in [0.25, 0.3) is 0 Å². The molecule has 19 heavy (non-hydrogen) atoms. The van der Waals surface area contributed by atoms with E-state index < -0.39 is 27.7 Å². The molecule has 0 aliphatic carbocycles. The van der Waals surface area contributed by atoms with Crippen LogP contribution in [-0.2, 0) is 10.1 Å². The quantitative estimate of drug-likeness (QED) is 0.382. The van der Waals surface area contributed by atoms with Crippen molar-refractivity contribution in [3.63, 3.8) is 0 Å². The van der Waals surface area contributed by atoms with Crippen LogP contribution in [0.1, 0.15) is 44.9 Å². The summed E-state index contributed by atoms with van der Waals surface area (Å²) in [5, 5.41) is 2.90. The zero-order chi connectivity index (χ0) is 15.2. The molecular formula is C10H17F4O4S-. The average molecular weight is 309 g/mol. The Balaban J connectivity index is 4.11. The Morgan fingerprint density at radius 2 is 1.32 bits per heavy atom. The molecule has 0 heterocycles. The first kappa shape index (κ1) is 18.6. The summed E-state index contributed by atoms with van der Waals surface area (Å²) in [4.78, 5) is 0. The number of aliphatic hydroxyl groups excluding tert-OH is 1. The molecule has 0 amide bonds. The van der Waals surface area contributed by atoms with E-state index in [1.54, 1.807) is 0 Å². The van der Waals surface area contributed by atoms with Gasteiger partial charge in [-0.05, 0) is 12.8 Å². The van der Waals surface area contributed by atoms with Gasteiger partial charge in [0, 0.05) is 13.0 Å². The second kappa shape index (κ2) is 7.39. The molecule has 0 aliphatic heterocycles. The minimum atomic E-state index is -6.38. The predicted molar refractivity (Wildman–Crippen MR) is 59.0 cm³/mol. The highest BCUT2D eigenvalue weighted by atomic mass is 32.2. The third-order valence-corrected chi connectivity index (χ3v) is 3.57. The highest BCUT2D eigenvalue weighted by Crippen LogP contribution is 2.41. The first-order chi connectivity index (χ1) is 8.56. The van der Waals surface area contributed by atoms with Gasteiger partial charge in [-0.25, -0.2) is 8.42 Å². The molecule has 0 aliphatic rings. The lowest BCUT2D eigenvalue weighted by Gasteiger charge is -2.28. The minimum Gasteiger partial charge on any atom is -0.743 e. The zero-order valence-corrected chi connectivity index (χ0v) is 11.1. The van der Waals surface area contributed by atoms with E-state index in [4.69, 9.17) is 5.11 Å². The van der Waals surface area contributed by atoms with E-state index >= 15 is 0 Å². The molecule has 4 nitrogen and oxygen atoms in total. The molecule has 0 unspecified atom stereocenters. The van der Waals surface area contributed by atoms with Crippen LogP contribution in [0.15, 0.2) is 0 Å². The van der Waals surface area contributed by atoms with Crippen molar-refractivity contribution in [3.8, 4) is 0 Å². The van der Waals surface area contributed by atoms with Gasteiger partial charge in [-0.3, -0.25) is 0 Å². The Morgan fingerprint density at radius 3 is 1.74 bits per heavy atom. The first-order valence-corrected chi connectivity index (χ1v) is 7.29. The molecule has 0 spiro atoms. The Bertz CT molecular complexity index is 357. The first-order valence-electron chi connectivity index (χ1n) is 5.88. The van der Waals surface area contributed by atoms with Gasteiger partial charge < -0.3 is 9.66 Å². The molecule has 0 rings (SSSR count). The molecule has 0 aromatic rings. The van der Waals surface area contributed by atoms with Crippen molar-refractivity contribution in [1.29, 1.82) is 0 Å². The maximum atomic E-state index is 13.0. The fourth-order valence-corrected chi connectivity index (χ4v) is 1.96. The SMILES string of the molecule is O=S(=O)([O-])C(F)(F)C(F)(F)CCCCCCCCO. The summed E-state index contributed by atoms with van der Waals surface area (Å²) >= 11 is 0. The second-order valence-electron chi connectivity index (χ2n) is 4.27. The van der Waals surface area contributed by atoms with Crippen LogP contribution in [0.2, 0.25) is 0 Å². The summed E-state index contributed by atoms with van der Waals surface area (Å²) in [5.41, 5.74) is 0. The molecule has 0 bridgehead atoms. The van der Waals surface area contributed by atoms with Gasteiger partial charge in [-0.2, -0.15) is 17.6 Å². The molecule has 0 aromatic carbocycles. The lowest BCUT2D eigenvalue weighted by Crippen LogP contribution is -2.46. The van der Waals surface area contributed by atoms with Gasteiger partial charge in [0.2, 0.25) is 0 Å². The normalized spacial score (nSPS) is 13.8. The Labute approximate surface area is 109 Å². The predicted octanol–water partition coefficient (Wildman–Crippen LogP) is 2.48. The van der Waals surface area contributed by atoms with Crippen molar-refractivity contribution in [2.24, 2.45) is 0 Å².